The molecule has 0 fully saturated rings. The number of aliphatic hydroxyl groups is 1. The van der Waals surface area contributed by atoms with Crippen LogP contribution in [0.1, 0.15) is 39.4 Å². The Bertz CT molecular complexity index is 512. The minimum Gasteiger partial charge on any atom is -0.389 e. The highest BCUT2D eigenvalue weighted by atomic mass is 127. The lowest BCUT2D eigenvalue weighted by atomic mass is 10.1. The van der Waals surface area contributed by atoms with Gasteiger partial charge >= 0.3 is 0 Å². The lowest BCUT2D eigenvalue weighted by Crippen LogP contribution is -2.43. The first kappa shape index (κ1) is 25.1. The van der Waals surface area contributed by atoms with Crippen LogP contribution in [0.3, 0.4) is 0 Å². The number of benzene rings is 1. The van der Waals surface area contributed by atoms with Crippen molar-refractivity contribution in [1.82, 2.24) is 10.6 Å². The van der Waals surface area contributed by atoms with E-state index in [1.807, 2.05) is 58.0 Å². The number of ether oxygens (including phenoxy) is 2. The van der Waals surface area contributed by atoms with Gasteiger partial charge in [-0.15, -0.1) is 24.0 Å². The van der Waals surface area contributed by atoms with E-state index in [0.717, 1.165) is 12.1 Å². The maximum Gasteiger partial charge on any atom is 0.191 e. The smallest absolute Gasteiger partial charge is 0.191 e. The van der Waals surface area contributed by atoms with Crippen LogP contribution in [0.5, 0.6) is 0 Å². The highest BCUT2D eigenvalue weighted by molar-refractivity contribution is 14.0. The van der Waals surface area contributed by atoms with Crippen LogP contribution in [0.2, 0.25) is 0 Å². The SMILES string of the molecule is CCNC(=NCC(C)(C)OC)NCC(O)COC(C)c1ccccc1.I. The molecule has 1 aromatic rings. The highest BCUT2D eigenvalue weighted by Crippen LogP contribution is 2.15. The van der Waals surface area contributed by atoms with Crippen molar-refractivity contribution in [2.24, 2.45) is 4.99 Å². The van der Waals surface area contributed by atoms with E-state index in [1.54, 1.807) is 7.11 Å². The van der Waals surface area contributed by atoms with Gasteiger partial charge in [-0.1, -0.05) is 30.3 Å². The Morgan fingerprint density at radius 1 is 1.23 bits per heavy atom. The second-order valence-electron chi connectivity index (χ2n) is 6.58. The van der Waals surface area contributed by atoms with E-state index in [2.05, 4.69) is 15.6 Å². The topological polar surface area (TPSA) is 75.1 Å². The molecule has 3 N–H and O–H groups in total. The minimum absolute atomic E-state index is 0. The second-order valence-corrected chi connectivity index (χ2v) is 6.58. The van der Waals surface area contributed by atoms with Gasteiger partial charge in [-0.25, -0.2) is 0 Å². The van der Waals surface area contributed by atoms with Gasteiger partial charge in [-0.2, -0.15) is 0 Å². The van der Waals surface area contributed by atoms with Crippen molar-refractivity contribution < 1.29 is 14.6 Å². The van der Waals surface area contributed by atoms with Gasteiger partial charge in [0.15, 0.2) is 5.96 Å². The Hall–Kier alpha value is -0.900. The molecular formula is C19H34IN3O3. The van der Waals surface area contributed by atoms with Crippen LogP contribution >= 0.6 is 24.0 Å². The molecule has 0 saturated heterocycles. The molecule has 0 aliphatic carbocycles. The number of hydrogen-bond donors (Lipinski definition) is 3. The van der Waals surface area contributed by atoms with Crippen LogP contribution in [0.25, 0.3) is 0 Å². The van der Waals surface area contributed by atoms with Gasteiger partial charge in [0.2, 0.25) is 0 Å². The van der Waals surface area contributed by atoms with Crippen molar-refractivity contribution >= 4 is 29.9 Å². The Kier molecular flexibility index (Phi) is 12.8. The van der Waals surface area contributed by atoms with Crippen molar-refractivity contribution in [2.75, 3.05) is 33.4 Å². The first-order valence-corrected chi connectivity index (χ1v) is 8.80. The zero-order chi connectivity index (χ0) is 18.7. The van der Waals surface area contributed by atoms with E-state index >= 15 is 0 Å². The molecule has 7 heteroatoms. The molecule has 26 heavy (non-hydrogen) atoms. The number of methoxy groups -OCH3 is 1. The first-order valence-electron chi connectivity index (χ1n) is 8.80. The van der Waals surface area contributed by atoms with Gasteiger partial charge in [0.25, 0.3) is 0 Å². The van der Waals surface area contributed by atoms with Gasteiger partial charge in [0.05, 0.1) is 31.0 Å². The number of guanidine groups is 1. The van der Waals surface area contributed by atoms with Gasteiger partial charge < -0.3 is 25.2 Å². The van der Waals surface area contributed by atoms with E-state index in [9.17, 15) is 5.11 Å². The van der Waals surface area contributed by atoms with Crippen molar-refractivity contribution in [3.8, 4) is 0 Å². The molecule has 0 spiro atoms. The molecule has 2 unspecified atom stereocenters. The van der Waals surface area contributed by atoms with Crippen molar-refractivity contribution in [2.45, 2.75) is 45.5 Å². The number of aliphatic hydroxyl groups excluding tert-OH is 1. The predicted molar refractivity (Wildman–Crippen MR) is 117 cm³/mol. The summed E-state index contributed by atoms with van der Waals surface area (Å²) >= 11 is 0. The maximum absolute atomic E-state index is 10.1. The van der Waals surface area contributed by atoms with Crippen LogP contribution in [-0.2, 0) is 9.47 Å². The summed E-state index contributed by atoms with van der Waals surface area (Å²) in [5.74, 6) is 0.655. The molecule has 0 radical (unpaired) electrons. The van der Waals surface area contributed by atoms with Gasteiger partial charge in [0.1, 0.15) is 0 Å². The lowest BCUT2D eigenvalue weighted by Gasteiger charge is -2.22. The number of rotatable bonds is 10. The summed E-state index contributed by atoms with van der Waals surface area (Å²) in [5.41, 5.74) is 0.772. The maximum atomic E-state index is 10.1. The molecule has 0 saturated carbocycles. The summed E-state index contributed by atoms with van der Waals surface area (Å²) in [6.07, 6.45) is -0.675. The molecule has 0 aliphatic heterocycles. The normalized spacial score (nSPS) is 14.3. The zero-order valence-electron chi connectivity index (χ0n) is 16.5. The van der Waals surface area contributed by atoms with Gasteiger partial charge in [-0.05, 0) is 33.3 Å². The molecule has 1 rings (SSSR count). The molecule has 6 nitrogen and oxygen atoms in total. The largest absolute Gasteiger partial charge is 0.389 e. The fourth-order valence-corrected chi connectivity index (χ4v) is 2.02. The molecule has 0 amide bonds. The number of hydrogen-bond acceptors (Lipinski definition) is 4. The molecule has 0 aliphatic rings. The third kappa shape index (κ3) is 10.3. The molecule has 150 valence electrons. The summed E-state index contributed by atoms with van der Waals surface area (Å²) in [7, 11) is 1.67. The minimum atomic E-state index is -0.620. The summed E-state index contributed by atoms with van der Waals surface area (Å²) in [4.78, 5) is 4.49. The van der Waals surface area contributed by atoms with Crippen molar-refractivity contribution in [1.29, 1.82) is 0 Å². The fraction of sp³-hybridized carbons (Fsp3) is 0.632. The van der Waals surface area contributed by atoms with Gasteiger partial charge in [0, 0.05) is 20.2 Å². The second kappa shape index (κ2) is 13.3. The van der Waals surface area contributed by atoms with Crippen molar-refractivity contribution in [3.05, 3.63) is 35.9 Å². The average molecular weight is 479 g/mol. The monoisotopic (exact) mass is 479 g/mol. The standard InChI is InChI=1S/C19H33N3O3.HI/c1-6-20-18(22-14-19(3,4)24-5)21-12-17(23)13-25-15(2)16-10-8-7-9-11-16;/h7-11,15,17,23H,6,12-14H2,1-5H3,(H2,20,21,22);1H. The Labute approximate surface area is 174 Å². The summed E-state index contributed by atoms with van der Waals surface area (Å²) in [5, 5.41) is 16.4. The van der Waals surface area contributed by atoms with Crippen LogP contribution in [0.15, 0.2) is 35.3 Å². The number of nitrogens with zero attached hydrogens (tertiary/aromatic N) is 1. The molecule has 0 bridgehead atoms. The van der Waals surface area contributed by atoms with Crippen LogP contribution < -0.4 is 10.6 Å². The Morgan fingerprint density at radius 3 is 2.46 bits per heavy atom. The Balaban J connectivity index is 0.00000625. The number of halogens is 1. The Morgan fingerprint density at radius 2 is 1.88 bits per heavy atom. The van der Waals surface area contributed by atoms with Crippen LogP contribution in [0.4, 0.5) is 0 Å². The van der Waals surface area contributed by atoms with E-state index < -0.39 is 6.10 Å². The number of nitrogens with one attached hydrogen (secondary N) is 2. The molecule has 0 aromatic heterocycles. The summed E-state index contributed by atoms with van der Waals surface area (Å²) in [6.45, 7) is 9.83. The molecule has 2 atom stereocenters. The zero-order valence-corrected chi connectivity index (χ0v) is 18.8. The van der Waals surface area contributed by atoms with Gasteiger partial charge in [-0.3, -0.25) is 4.99 Å². The highest BCUT2D eigenvalue weighted by Gasteiger charge is 2.16. The average Bonchev–Trinajstić information content (AvgIpc) is 2.62. The third-order valence-electron chi connectivity index (χ3n) is 3.83. The summed E-state index contributed by atoms with van der Waals surface area (Å²) in [6, 6.07) is 9.97. The molecule has 0 heterocycles. The fourth-order valence-electron chi connectivity index (χ4n) is 2.02. The van der Waals surface area contributed by atoms with E-state index in [0.29, 0.717) is 19.0 Å². The van der Waals surface area contributed by atoms with Crippen LogP contribution in [-0.4, -0.2) is 56.1 Å². The number of aliphatic imine (C=N–C) groups is 1. The molecule has 1 aromatic carbocycles. The van der Waals surface area contributed by atoms with E-state index in [-0.39, 0.29) is 42.3 Å². The van der Waals surface area contributed by atoms with Crippen molar-refractivity contribution in [3.63, 3.8) is 0 Å². The van der Waals surface area contributed by atoms with E-state index in [4.69, 9.17) is 9.47 Å². The lowest BCUT2D eigenvalue weighted by molar-refractivity contribution is -0.000637. The third-order valence-corrected chi connectivity index (χ3v) is 3.83. The first-order chi connectivity index (χ1) is 11.9. The summed E-state index contributed by atoms with van der Waals surface area (Å²) < 4.78 is 11.1. The quantitative estimate of drug-likeness (QED) is 0.274. The predicted octanol–water partition coefficient (Wildman–Crippen LogP) is 2.72. The van der Waals surface area contributed by atoms with E-state index in [1.165, 1.54) is 0 Å². The van der Waals surface area contributed by atoms with Crippen LogP contribution in [0, 0.1) is 0 Å². The molecular weight excluding hydrogens is 445 g/mol.